The van der Waals surface area contributed by atoms with Gasteiger partial charge in [0.25, 0.3) is 0 Å². The summed E-state index contributed by atoms with van der Waals surface area (Å²) >= 11 is 0. The first kappa shape index (κ1) is 12.8. The molecule has 4 N–H and O–H groups in total. The maximum absolute atomic E-state index is 9.75. The lowest BCUT2D eigenvalue weighted by atomic mass is 9.89. The molecule has 0 saturated heterocycles. The Kier molecular flexibility index (Phi) is 3.24. The zero-order valence-electron chi connectivity index (χ0n) is 11.3. The molecule has 1 heterocycles. The van der Waals surface area contributed by atoms with Gasteiger partial charge in [0.15, 0.2) is 11.5 Å². The highest BCUT2D eigenvalue weighted by molar-refractivity contribution is 5.49. The maximum Gasteiger partial charge on any atom is 0.157 e. The summed E-state index contributed by atoms with van der Waals surface area (Å²) in [6.07, 6.45) is 0.893. The number of hydrogen-bond donors (Lipinski definition) is 3. The van der Waals surface area contributed by atoms with Crippen LogP contribution in [0.4, 0.5) is 0 Å². The Bertz CT molecular complexity index is 640. The maximum atomic E-state index is 9.75. The number of aromatic hydroxyl groups is 2. The van der Waals surface area contributed by atoms with E-state index in [0.717, 1.165) is 35.4 Å². The lowest BCUT2D eigenvalue weighted by molar-refractivity contribution is -0.690. The third-order valence-electron chi connectivity index (χ3n) is 3.84. The Balaban J connectivity index is 2.06. The summed E-state index contributed by atoms with van der Waals surface area (Å²) in [4.78, 5) is 0. The van der Waals surface area contributed by atoms with E-state index < -0.39 is 0 Å². The molecule has 0 saturated carbocycles. The number of methoxy groups -OCH3 is 1. The lowest BCUT2D eigenvalue weighted by Gasteiger charge is -2.25. The van der Waals surface area contributed by atoms with Crippen LogP contribution in [0, 0.1) is 0 Å². The van der Waals surface area contributed by atoms with Crippen LogP contribution >= 0.6 is 0 Å². The van der Waals surface area contributed by atoms with Gasteiger partial charge in [-0.05, 0) is 29.8 Å². The minimum Gasteiger partial charge on any atom is -0.504 e. The van der Waals surface area contributed by atoms with Crippen LogP contribution in [0.25, 0.3) is 0 Å². The fourth-order valence-electron chi connectivity index (χ4n) is 2.83. The van der Waals surface area contributed by atoms with Gasteiger partial charge in [0, 0.05) is 17.5 Å². The Morgan fingerprint density at radius 2 is 1.95 bits per heavy atom. The molecule has 1 aliphatic rings. The zero-order valence-corrected chi connectivity index (χ0v) is 11.3. The van der Waals surface area contributed by atoms with Crippen LogP contribution in [0.2, 0.25) is 0 Å². The van der Waals surface area contributed by atoms with Gasteiger partial charge in [-0.3, -0.25) is 0 Å². The second-order valence-corrected chi connectivity index (χ2v) is 5.07. The van der Waals surface area contributed by atoms with Crippen LogP contribution in [0.1, 0.15) is 22.7 Å². The number of quaternary nitrogens is 1. The van der Waals surface area contributed by atoms with E-state index in [4.69, 9.17) is 4.74 Å². The summed E-state index contributed by atoms with van der Waals surface area (Å²) < 4.78 is 5.27. The highest BCUT2D eigenvalue weighted by atomic mass is 16.5. The molecule has 0 fully saturated rings. The molecular weight excluding hydrogens is 254 g/mol. The molecule has 4 heteroatoms. The van der Waals surface area contributed by atoms with Crippen LogP contribution < -0.4 is 10.1 Å². The second-order valence-electron chi connectivity index (χ2n) is 5.07. The summed E-state index contributed by atoms with van der Waals surface area (Å²) in [6, 6.07) is 11.4. The third-order valence-corrected chi connectivity index (χ3v) is 3.84. The van der Waals surface area contributed by atoms with Crippen molar-refractivity contribution >= 4 is 0 Å². The van der Waals surface area contributed by atoms with E-state index >= 15 is 0 Å². The van der Waals surface area contributed by atoms with Crippen molar-refractivity contribution in [1.82, 2.24) is 0 Å². The average molecular weight is 272 g/mol. The number of benzene rings is 2. The summed E-state index contributed by atoms with van der Waals surface area (Å²) in [6.45, 7) is 0.957. The van der Waals surface area contributed by atoms with Crippen molar-refractivity contribution in [2.75, 3.05) is 13.7 Å². The van der Waals surface area contributed by atoms with Gasteiger partial charge in [-0.1, -0.05) is 12.1 Å². The quantitative estimate of drug-likeness (QED) is 0.722. The van der Waals surface area contributed by atoms with Crippen LogP contribution in [-0.2, 0) is 6.42 Å². The van der Waals surface area contributed by atoms with Crippen molar-refractivity contribution in [3.63, 3.8) is 0 Å². The van der Waals surface area contributed by atoms with E-state index in [2.05, 4.69) is 11.4 Å². The first-order chi connectivity index (χ1) is 9.69. The van der Waals surface area contributed by atoms with E-state index in [9.17, 15) is 10.2 Å². The molecule has 2 aromatic carbocycles. The number of phenols is 2. The Hall–Kier alpha value is -2.20. The Morgan fingerprint density at radius 1 is 1.15 bits per heavy atom. The van der Waals surface area contributed by atoms with Gasteiger partial charge in [0.2, 0.25) is 0 Å². The van der Waals surface area contributed by atoms with Crippen molar-refractivity contribution in [2.45, 2.75) is 12.5 Å². The van der Waals surface area contributed by atoms with Crippen LogP contribution in [0.5, 0.6) is 17.2 Å². The van der Waals surface area contributed by atoms with Crippen molar-refractivity contribution in [3.05, 3.63) is 53.1 Å². The molecule has 0 amide bonds. The van der Waals surface area contributed by atoms with E-state index in [0.29, 0.717) is 0 Å². The van der Waals surface area contributed by atoms with Crippen molar-refractivity contribution in [2.24, 2.45) is 0 Å². The van der Waals surface area contributed by atoms with E-state index in [1.165, 1.54) is 0 Å². The fraction of sp³-hybridized carbons (Fsp3) is 0.250. The second kappa shape index (κ2) is 5.06. The molecule has 20 heavy (non-hydrogen) atoms. The smallest absolute Gasteiger partial charge is 0.157 e. The molecule has 1 atom stereocenters. The average Bonchev–Trinajstić information content (AvgIpc) is 2.48. The lowest BCUT2D eigenvalue weighted by Crippen LogP contribution is -2.87. The van der Waals surface area contributed by atoms with Crippen molar-refractivity contribution in [1.29, 1.82) is 0 Å². The minimum absolute atomic E-state index is 0.0463. The van der Waals surface area contributed by atoms with Gasteiger partial charge in [0.1, 0.15) is 11.8 Å². The predicted octanol–water partition coefficient (Wildman–Crippen LogP) is 1.32. The molecule has 0 radical (unpaired) electrons. The number of phenolic OH excluding ortho intramolecular Hbond substituents is 2. The number of rotatable bonds is 2. The highest BCUT2D eigenvalue weighted by Gasteiger charge is 2.26. The molecule has 0 bridgehead atoms. The summed E-state index contributed by atoms with van der Waals surface area (Å²) in [5.74, 6) is 0.716. The molecular formula is C16H18NO3+. The fourth-order valence-corrected chi connectivity index (χ4v) is 2.83. The SMILES string of the molecule is COc1cccc([C@H]2[NH2+]CCc3cc(O)c(O)cc32)c1. The van der Waals surface area contributed by atoms with Gasteiger partial charge in [-0.2, -0.15) is 0 Å². The van der Waals surface area contributed by atoms with E-state index in [1.807, 2.05) is 18.2 Å². The van der Waals surface area contributed by atoms with Crippen molar-refractivity contribution < 1.29 is 20.3 Å². The van der Waals surface area contributed by atoms with Gasteiger partial charge in [-0.15, -0.1) is 0 Å². The van der Waals surface area contributed by atoms with Gasteiger partial charge < -0.3 is 20.3 Å². The van der Waals surface area contributed by atoms with Crippen molar-refractivity contribution in [3.8, 4) is 17.2 Å². The topological polar surface area (TPSA) is 66.3 Å². The first-order valence-corrected chi connectivity index (χ1v) is 6.71. The molecule has 0 aromatic heterocycles. The molecule has 3 rings (SSSR count). The standard InChI is InChI=1S/C16H17NO3/c1-20-12-4-2-3-11(7-12)16-13-9-15(19)14(18)8-10(13)5-6-17-16/h2-4,7-9,16-19H,5-6H2,1H3/p+1/t16-/m1/s1. The minimum atomic E-state index is -0.0630. The van der Waals surface area contributed by atoms with Gasteiger partial charge in [0.05, 0.1) is 13.7 Å². The van der Waals surface area contributed by atoms with Crippen LogP contribution in [0.3, 0.4) is 0 Å². The largest absolute Gasteiger partial charge is 0.504 e. The molecule has 4 nitrogen and oxygen atoms in total. The summed E-state index contributed by atoms with van der Waals surface area (Å²) in [7, 11) is 1.65. The molecule has 0 aliphatic carbocycles. The monoisotopic (exact) mass is 272 g/mol. The number of ether oxygens (including phenoxy) is 1. The van der Waals surface area contributed by atoms with E-state index in [-0.39, 0.29) is 17.5 Å². The van der Waals surface area contributed by atoms with E-state index in [1.54, 1.807) is 19.2 Å². The number of nitrogens with two attached hydrogens (primary N) is 1. The Labute approximate surface area is 117 Å². The molecule has 2 aromatic rings. The summed E-state index contributed by atoms with van der Waals surface area (Å²) in [5.41, 5.74) is 3.28. The van der Waals surface area contributed by atoms with Crippen LogP contribution in [-0.4, -0.2) is 23.9 Å². The summed E-state index contributed by atoms with van der Waals surface area (Å²) in [5, 5.41) is 21.6. The molecule has 104 valence electrons. The van der Waals surface area contributed by atoms with Gasteiger partial charge in [-0.25, -0.2) is 0 Å². The molecule has 1 aliphatic heterocycles. The third kappa shape index (κ3) is 2.18. The molecule has 0 spiro atoms. The molecule has 0 unspecified atom stereocenters. The normalized spacial score (nSPS) is 17.6. The number of hydrogen-bond acceptors (Lipinski definition) is 3. The first-order valence-electron chi connectivity index (χ1n) is 6.71. The Morgan fingerprint density at radius 3 is 2.75 bits per heavy atom. The number of fused-ring (bicyclic) bond motifs is 1. The van der Waals surface area contributed by atoms with Crippen LogP contribution in [0.15, 0.2) is 36.4 Å². The van der Waals surface area contributed by atoms with Gasteiger partial charge >= 0.3 is 0 Å². The zero-order chi connectivity index (χ0) is 14.1. The predicted molar refractivity (Wildman–Crippen MR) is 75.1 cm³/mol. The highest BCUT2D eigenvalue weighted by Crippen LogP contribution is 2.34.